The third kappa shape index (κ3) is 3.05. The molecule has 0 spiro atoms. The summed E-state index contributed by atoms with van der Waals surface area (Å²) in [5.41, 5.74) is 0.0630. The van der Waals surface area contributed by atoms with E-state index in [0.29, 0.717) is 16.4 Å². The number of rotatable bonds is 6. The molecule has 0 saturated carbocycles. The molecule has 2 aromatic rings. The summed E-state index contributed by atoms with van der Waals surface area (Å²) >= 11 is 1.27. The number of thiophene rings is 1. The molecule has 0 unspecified atom stereocenters. The second kappa shape index (κ2) is 5.97. The minimum atomic E-state index is -1.07. The number of carboxylic acid groups (broad SMARTS) is 1. The zero-order valence-electron chi connectivity index (χ0n) is 11.6. The minimum Gasteiger partial charge on any atom is -0.493 e. The topological polar surface area (TPSA) is 72.8 Å². The fourth-order valence-electron chi connectivity index (χ4n) is 1.92. The third-order valence-electron chi connectivity index (χ3n) is 2.93. The highest BCUT2D eigenvalue weighted by Gasteiger charge is 2.17. The highest BCUT2D eigenvalue weighted by Crippen LogP contribution is 2.36. The molecule has 1 heterocycles. The average molecular weight is 306 g/mol. The van der Waals surface area contributed by atoms with Crippen LogP contribution in [0.15, 0.2) is 30.4 Å². The molecule has 0 atom stereocenters. The molecule has 0 aliphatic carbocycles. The number of benzene rings is 1. The number of carbonyl (C=O) groups is 2. The van der Waals surface area contributed by atoms with Gasteiger partial charge in [-0.05, 0) is 17.5 Å². The normalized spacial score (nSPS) is 10.4. The van der Waals surface area contributed by atoms with E-state index < -0.39 is 5.97 Å². The van der Waals surface area contributed by atoms with Gasteiger partial charge in [-0.25, -0.2) is 0 Å². The largest absolute Gasteiger partial charge is 0.493 e. The van der Waals surface area contributed by atoms with Crippen molar-refractivity contribution in [2.75, 3.05) is 14.2 Å². The van der Waals surface area contributed by atoms with E-state index >= 15 is 0 Å². The van der Waals surface area contributed by atoms with Gasteiger partial charge in [0.2, 0.25) is 0 Å². The van der Waals surface area contributed by atoms with Gasteiger partial charge < -0.3 is 14.6 Å². The van der Waals surface area contributed by atoms with E-state index in [1.165, 1.54) is 25.6 Å². The van der Waals surface area contributed by atoms with Gasteiger partial charge in [-0.3, -0.25) is 9.59 Å². The first kappa shape index (κ1) is 15.1. The first-order valence-corrected chi connectivity index (χ1v) is 6.87. The Morgan fingerprint density at radius 2 is 1.81 bits per heavy atom. The van der Waals surface area contributed by atoms with E-state index in [1.807, 2.05) is 0 Å². The molecule has 1 aromatic heterocycles. The van der Waals surface area contributed by atoms with E-state index in [-0.39, 0.29) is 17.8 Å². The van der Waals surface area contributed by atoms with Crippen LogP contribution in [0.2, 0.25) is 0 Å². The zero-order valence-corrected chi connectivity index (χ0v) is 12.5. The molecule has 0 amide bonds. The van der Waals surface area contributed by atoms with E-state index in [0.717, 1.165) is 10.1 Å². The fraction of sp³-hybridized carbons (Fsp3) is 0.200. The van der Waals surface area contributed by atoms with Crippen molar-refractivity contribution in [3.05, 3.63) is 35.2 Å². The lowest BCUT2D eigenvalue weighted by atomic mass is 10.1. The quantitative estimate of drug-likeness (QED) is 0.655. The first-order valence-electron chi connectivity index (χ1n) is 6.06. The van der Waals surface area contributed by atoms with E-state index in [2.05, 4.69) is 6.58 Å². The Morgan fingerprint density at radius 3 is 2.38 bits per heavy atom. The SMILES string of the molecule is C=C(CC(=O)O)C(=O)c1cc2cc(OC)c(OC)cc2s1. The van der Waals surface area contributed by atoms with Gasteiger partial charge in [0.25, 0.3) is 0 Å². The predicted octanol–water partition coefficient (Wildman–Crippen LogP) is 3.13. The molecule has 0 fully saturated rings. The van der Waals surface area contributed by atoms with Crippen molar-refractivity contribution in [1.29, 1.82) is 0 Å². The van der Waals surface area contributed by atoms with Gasteiger partial charge >= 0.3 is 5.97 Å². The van der Waals surface area contributed by atoms with E-state index in [9.17, 15) is 9.59 Å². The van der Waals surface area contributed by atoms with Crippen LogP contribution in [0.25, 0.3) is 10.1 Å². The van der Waals surface area contributed by atoms with Gasteiger partial charge in [0, 0.05) is 16.3 Å². The number of ketones is 1. The molecule has 5 nitrogen and oxygen atoms in total. The molecule has 0 saturated heterocycles. The van der Waals surface area contributed by atoms with Crippen molar-refractivity contribution in [2.45, 2.75) is 6.42 Å². The van der Waals surface area contributed by atoms with Crippen LogP contribution in [0.1, 0.15) is 16.1 Å². The van der Waals surface area contributed by atoms with Crippen LogP contribution < -0.4 is 9.47 Å². The fourth-order valence-corrected chi connectivity index (χ4v) is 2.98. The summed E-state index contributed by atoms with van der Waals surface area (Å²) in [7, 11) is 3.08. The van der Waals surface area contributed by atoms with Crippen molar-refractivity contribution < 1.29 is 24.2 Å². The summed E-state index contributed by atoms with van der Waals surface area (Å²) in [5.74, 6) is -0.268. The number of carboxylic acids is 1. The molecule has 0 radical (unpaired) electrons. The summed E-state index contributed by atoms with van der Waals surface area (Å²) in [6.45, 7) is 3.54. The first-order chi connectivity index (χ1) is 9.96. The Hall–Kier alpha value is -2.34. The molecular weight excluding hydrogens is 292 g/mol. The van der Waals surface area contributed by atoms with Crippen molar-refractivity contribution in [1.82, 2.24) is 0 Å². The monoisotopic (exact) mass is 306 g/mol. The van der Waals surface area contributed by atoms with Crippen molar-refractivity contribution >= 4 is 33.2 Å². The number of ether oxygens (including phenoxy) is 2. The Balaban J connectivity index is 2.41. The summed E-state index contributed by atoms with van der Waals surface area (Å²) in [6, 6.07) is 5.27. The highest BCUT2D eigenvalue weighted by atomic mass is 32.1. The molecule has 0 aliphatic rings. The lowest BCUT2D eigenvalue weighted by Gasteiger charge is -2.06. The van der Waals surface area contributed by atoms with Crippen LogP contribution in [-0.4, -0.2) is 31.1 Å². The average Bonchev–Trinajstić information content (AvgIpc) is 2.86. The van der Waals surface area contributed by atoms with Gasteiger partial charge in [0.05, 0.1) is 25.5 Å². The lowest BCUT2D eigenvalue weighted by molar-refractivity contribution is -0.136. The van der Waals surface area contributed by atoms with Gasteiger partial charge in [0.1, 0.15) is 0 Å². The number of hydrogen-bond donors (Lipinski definition) is 1. The maximum atomic E-state index is 12.1. The Labute approximate surface area is 125 Å². The number of fused-ring (bicyclic) bond motifs is 1. The van der Waals surface area contributed by atoms with E-state index in [4.69, 9.17) is 14.6 Å². The van der Waals surface area contributed by atoms with Gasteiger partial charge in [-0.15, -0.1) is 11.3 Å². The van der Waals surface area contributed by atoms with Crippen molar-refractivity contribution in [2.24, 2.45) is 0 Å². The number of aliphatic carboxylic acids is 1. The van der Waals surface area contributed by atoms with Crippen LogP contribution in [-0.2, 0) is 4.79 Å². The second-order valence-electron chi connectivity index (χ2n) is 4.36. The molecule has 21 heavy (non-hydrogen) atoms. The maximum Gasteiger partial charge on any atom is 0.307 e. The minimum absolute atomic E-state index is 0.0630. The Bertz CT molecular complexity index is 688. The molecule has 1 N–H and O–H groups in total. The van der Waals surface area contributed by atoms with Gasteiger partial charge in [-0.2, -0.15) is 0 Å². The molecule has 2 rings (SSSR count). The maximum absolute atomic E-state index is 12.1. The molecule has 110 valence electrons. The summed E-state index contributed by atoms with van der Waals surface area (Å²) in [6.07, 6.45) is -0.361. The molecular formula is C15H14O5S. The van der Waals surface area contributed by atoms with Gasteiger partial charge in [-0.1, -0.05) is 6.58 Å². The number of hydrogen-bond acceptors (Lipinski definition) is 5. The van der Waals surface area contributed by atoms with Crippen LogP contribution in [0.4, 0.5) is 0 Å². The standard InChI is InChI=1S/C15H14O5S/c1-8(4-14(16)17)15(18)13-6-9-5-10(19-2)11(20-3)7-12(9)21-13/h5-7H,1,4H2,2-3H3,(H,16,17). The Kier molecular flexibility index (Phi) is 4.28. The van der Waals surface area contributed by atoms with E-state index in [1.54, 1.807) is 18.2 Å². The summed E-state index contributed by atoms with van der Waals surface area (Å²) < 4.78 is 11.3. The Morgan fingerprint density at radius 1 is 1.19 bits per heavy atom. The van der Waals surface area contributed by atoms with Crippen molar-refractivity contribution in [3.8, 4) is 11.5 Å². The van der Waals surface area contributed by atoms with Crippen LogP contribution in [0.3, 0.4) is 0 Å². The predicted molar refractivity (Wildman–Crippen MR) is 80.7 cm³/mol. The second-order valence-corrected chi connectivity index (χ2v) is 5.44. The third-order valence-corrected chi connectivity index (χ3v) is 4.03. The van der Waals surface area contributed by atoms with Crippen LogP contribution in [0.5, 0.6) is 11.5 Å². The van der Waals surface area contributed by atoms with Gasteiger partial charge in [0.15, 0.2) is 17.3 Å². The number of carbonyl (C=O) groups excluding carboxylic acids is 1. The zero-order chi connectivity index (χ0) is 15.6. The molecule has 0 aliphatic heterocycles. The summed E-state index contributed by atoms with van der Waals surface area (Å²) in [4.78, 5) is 23.2. The van der Waals surface area contributed by atoms with Crippen molar-refractivity contribution in [3.63, 3.8) is 0 Å². The highest BCUT2D eigenvalue weighted by molar-refractivity contribution is 7.21. The number of Topliss-reactive ketones (excluding diaryl/α,β-unsaturated/α-hetero) is 1. The number of methoxy groups -OCH3 is 2. The van der Waals surface area contributed by atoms with Crippen LogP contribution in [0, 0.1) is 0 Å². The lowest BCUT2D eigenvalue weighted by Crippen LogP contribution is -2.05. The molecule has 0 bridgehead atoms. The van der Waals surface area contributed by atoms with Crippen LogP contribution >= 0.6 is 11.3 Å². The molecule has 6 heteroatoms. The smallest absolute Gasteiger partial charge is 0.307 e. The molecule has 1 aromatic carbocycles. The summed E-state index contributed by atoms with van der Waals surface area (Å²) in [5, 5.41) is 9.55.